The number of nitrogen functional groups attached to an aromatic ring is 2. The summed E-state index contributed by atoms with van der Waals surface area (Å²) in [4.78, 5) is 21.8. The van der Waals surface area contributed by atoms with Crippen LogP contribution >= 0.6 is 0 Å². The molecule has 9 heteroatoms. The minimum atomic E-state index is -0.171. The first-order valence-electron chi connectivity index (χ1n) is 8.89. The van der Waals surface area contributed by atoms with Crippen molar-refractivity contribution >= 4 is 17.4 Å². The number of aryl methyl sites for hydroxylation is 1. The first-order chi connectivity index (χ1) is 14.3. The normalized spacial score (nSPS) is 10.2. The Morgan fingerprint density at radius 2 is 1.87 bits per heavy atom. The molecule has 4 N–H and O–H groups in total. The van der Waals surface area contributed by atoms with Crippen molar-refractivity contribution in [1.82, 2.24) is 14.9 Å². The molecule has 152 valence electrons. The smallest absolute Gasteiger partial charge is 0.327 e. The van der Waals surface area contributed by atoms with Gasteiger partial charge in [-0.25, -0.2) is 0 Å². The fourth-order valence-electron chi connectivity index (χ4n) is 2.51. The van der Waals surface area contributed by atoms with Crippen molar-refractivity contribution in [2.45, 2.75) is 6.92 Å². The Labute approximate surface area is 173 Å². The van der Waals surface area contributed by atoms with Gasteiger partial charge in [0.05, 0.1) is 11.6 Å². The number of rotatable bonds is 5. The predicted octanol–water partition coefficient (Wildman–Crippen LogP) is 3.11. The molecule has 0 saturated carbocycles. The van der Waals surface area contributed by atoms with Gasteiger partial charge in [-0.15, -0.1) is 0 Å². The molecule has 0 aliphatic rings. The van der Waals surface area contributed by atoms with E-state index in [4.69, 9.17) is 26.2 Å². The highest BCUT2D eigenvalue weighted by molar-refractivity contribution is 5.94. The summed E-state index contributed by atoms with van der Waals surface area (Å²) in [6.07, 6.45) is 0. The summed E-state index contributed by atoms with van der Waals surface area (Å²) >= 11 is 0. The van der Waals surface area contributed by atoms with Crippen molar-refractivity contribution in [1.29, 1.82) is 5.26 Å². The molecule has 0 fully saturated rings. The van der Waals surface area contributed by atoms with E-state index in [1.807, 2.05) is 13.0 Å². The molecule has 1 heterocycles. The van der Waals surface area contributed by atoms with Gasteiger partial charge in [0.1, 0.15) is 17.2 Å². The lowest BCUT2D eigenvalue weighted by Gasteiger charge is -2.13. The molecule has 9 nitrogen and oxygen atoms in total. The van der Waals surface area contributed by atoms with Crippen molar-refractivity contribution in [2.75, 3.05) is 25.6 Å². The maximum atomic E-state index is 12.1. The Balaban J connectivity index is 1.92. The summed E-state index contributed by atoms with van der Waals surface area (Å²) in [6, 6.07) is 13.5. The van der Waals surface area contributed by atoms with Crippen LogP contribution in [0.3, 0.4) is 0 Å². The number of nitrogens with two attached hydrogens (primary N) is 2. The minimum Gasteiger partial charge on any atom is -0.437 e. The third kappa shape index (κ3) is 4.39. The highest BCUT2D eigenvalue weighted by atomic mass is 16.5. The molecule has 0 aliphatic carbocycles. The zero-order chi connectivity index (χ0) is 21.8. The van der Waals surface area contributed by atoms with E-state index in [1.165, 1.54) is 4.90 Å². The fraction of sp³-hybridized carbons (Fsp3) is 0.143. The molecule has 0 saturated heterocycles. The van der Waals surface area contributed by atoms with Crippen molar-refractivity contribution in [3.05, 3.63) is 59.2 Å². The van der Waals surface area contributed by atoms with Gasteiger partial charge in [-0.3, -0.25) is 4.79 Å². The van der Waals surface area contributed by atoms with Gasteiger partial charge in [0.15, 0.2) is 5.82 Å². The number of hydrogen-bond donors (Lipinski definition) is 2. The Morgan fingerprint density at radius 1 is 1.10 bits per heavy atom. The molecule has 3 rings (SSSR count). The summed E-state index contributed by atoms with van der Waals surface area (Å²) < 4.78 is 11.5. The summed E-state index contributed by atoms with van der Waals surface area (Å²) in [5.74, 6) is 0.555. The van der Waals surface area contributed by atoms with E-state index in [9.17, 15) is 4.79 Å². The number of anilines is 2. The first kappa shape index (κ1) is 20.4. The van der Waals surface area contributed by atoms with Gasteiger partial charge in [0.2, 0.25) is 0 Å². The maximum Gasteiger partial charge on any atom is 0.327 e. The van der Waals surface area contributed by atoms with Crippen molar-refractivity contribution in [3.63, 3.8) is 0 Å². The molecule has 0 atom stereocenters. The van der Waals surface area contributed by atoms with E-state index in [1.54, 1.807) is 56.6 Å². The van der Waals surface area contributed by atoms with Crippen LogP contribution in [0.4, 0.5) is 11.5 Å². The van der Waals surface area contributed by atoms with E-state index < -0.39 is 0 Å². The number of nitriles is 1. The molecular weight excluding hydrogens is 384 g/mol. The van der Waals surface area contributed by atoms with Gasteiger partial charge < -0.3 is 25.8 Å². The summed E-state index contributed by atoms with van der Waals surface area (Å²) in [5.41, 5.74) is 13.6. The summed E-state index contributed by atoms with van der Waals surface area (Å²) in [7, 11) is 3.32. The van der Waals surface area contributed by atoms with Crippen LogP contribution < -0.4 is 20.9 Å². The molecule has 0 aliphatic heterocycles. The Morgan fingerprint density at radius 3 is 2.57 bits per heavy atom. The number of hydrogen-bond acceptors (Lipinski definition) is 8. The molecule has 3 aromatic rings. The van der Waals surface area contributed by atoms with Crippen molar-refractivity contribution in [2.24, 2.45) is 0 Å². The van der Waals surface area contributed by atoms with Crippen LogP contribution in [0.25, 0.3) is 0 Å². The molecule has 30 heavy (non-hydrogen) atoms. The fourth-order valence-corrected chi connectivity index (χ4v) is 2.51. The van der Waals surface area contributed by atoms with Crippen LogP contribution in [0, 0.1) is 18.3 Å². The molecule has 0 bridgehead atoms. The standard InChI is InChI=1S/C21H20N6O3/c1-12-7-8-13(11-22)9-16(12)30-19-17(23)18(24)25-21(26-19)29-15-6-4-5-14(10-15)20(28)27(2)3/h4-10H,23H2,1-3H3,(H2,24,25,26). The van der Waals surface area contributed by atoms with E-state index in [-0.39, 0.29) is 29.3 Å². The van der Waals surface area contributed by atoms with Gasteiger partial charge in [-0.2, -0.15) is 15.2 Å². The third-order valence-corrected chi connectivity index (χ3v) is 4.14. The van der Waals surface area contributed by atoms with Crippen LogP contribution in [-0.4, -0.2) is 34.9 Å². The average molecular weight is 404 g/mol. The van der Waals surface area contributed by atoms with Gasteiger partial charge >= 0.3 is 6.01 Å². The molecular formula is C21H20N6O3. The van der Waals surface area contributed by atoms with E-state index in [0.717, 1.165) is 5.56 Å². The summed E-state index contributed by atoms with van der Waals surface area (Å²) in [5, 5.41) is 9.10. The zero-order valence-electron chi connectivity index (χ0n) is 16.7. The molecule has 2 aromatic carbocycles. The second-order valence-electron chi connectivity index (χ2n) is 6.63. The quantitative estimate of drug-likeness (QED) is 0.661. The average Bonchev–Trinajstić information content (AvgIpc) is 2.72. The lowest BCUT2D eigenvalue weighted by Crippen LogP contribution is -2.21. The molecule has 0 radical (unpaired) electrons. The molecule has 0 spiro atoms. The number of nitrogens with zero attached hydrogens (tertiary/aromatic N) is 4. The van der Waals surface area contributed by atoms with E-state index in [0.29, 0.717) is 22.6 Å². The lowest BCUT2D eigenvalue weighted by atomic mass is 10.1. The molecule has 0 unspecified atom stereocenters. The van der Waals surface area contributed by atoms with Crippen molar-refractivity contribution in [3.8, 4) is 29.5 Å². The number of aromatic nitrogens is 2. The van der Waals surface area contributed by atoms with Crippen LogP contribution in [-0.2, 0) is 0 Å². The van der Waals surface area contributed by atoms with Gasteiger partial charge in [-0.05, 0) is 42.8 Å². The number of amides is 1. The van der Waals surface area contributed by atoms with Crippen molar-refractivity contribution < 1.29 is 14.3 Å². The summed E-state index contributed by atoms with van der Waals surface area (Å²) in [6.45, 7) is 1.82. The Hall–Kier alpha value is -4.32. The molecule has 1 amide bonds. The van der Waals surface area contributed by atoms with Crippen LogP contribution in [0.15, 0.2) is 42.5 Å². The zero-order valence-corrected chi connectivity index (χ0v) is 16.7. The third-order valence-electron chi connectivity index (χ3n) is 4.14. The first-order valence-corrected chi connectivity index (χ1v) is 8.89. The number of carbonyl (C=O) groups excluding carboxylic acids is 1. The monoisotopic (exact) mass is 404 g/mol. The number of ether oxygens (including phenoxy) is 2. The second-order valence-corrected chi connectivity index (χ2v) is 6.63. The van der Waals surface area contributed by atoms with E-state index in [2.05, 4.69) is 9.97 Å². The second kappa shape index (κ2) is 8.36. The molecule has 1 aromatic heterocycles. The van der Waals surface area contributed by atoms with Gasteiger partial charge in [0, 0.05) is 19.7 Å². The SMILES string of the molecule is Cc1ccc(C#N)cc1Oc1nc(Oc2cccc(C(=O)N(C)C)c2)nc(N)c1N. The largest absolute Gasteiger partial charge is 0.437 e. The van der Waals surface area contributed by atoms with Gasteiger partial charge in [0.25, 0.3) is 11.8 Å². The Kier molecular flexibility index (Phi) is 5.69. The topological polar surface area (TPSA) is 140 Å². The highest BCUT2D eigenvalue weighted by Crippen LogP contribution is 2.33. The lowest BCUT2D eigenvalue weighted by molar-refractivity contribution is 0.0827. The highest BCUT2D eigenvalue weighted by Gasteiger charge is 2.16. The number of benzene rings is 2. The van der Waals surface area contributed by atoms with Crippen LogP contribution in [0.2, 0.25) is 0 Å². The predicted molar refractivity (Wildman–Crippen MR) is 111 cm³/mol. The minimum absolute atomic E-state index is 0.00351. The van der Waals surface area contributed by atoms with E-state index >= 15 is 0 Å². The number of carbonyl (C=O) groups is 1. The van der Waals surface area contributed by atoms with Gasteiger partial charge in [-0.1, -0.05) is 12.1 Å². The Bertz CT molecular complexity index is 1150. The van der Waals surface area contributed by atoms with Crippen LogP contribution in [0.1, 0.15) is 21.5 Å². The van der Waals surface area contributed by atoms with Crippen LogP contribution in [0.5, 0.6) is 23.4 Å². The maximum absolute atomic E-state index is 12.1.